The van der Waals surface area contributed by atoms with Crippen LogP contribution >= 0.6 is 0 Å². The topological polar surface area (TPSA) is 50.5 Å². The van der Waals surface area contributed by atoms with Crippen LogP contribution in [0.5, 0.6) is 0 Å². The van der Waals surface area contributed by atoms with Crippen molar-refractivity contribution in [3.63, 3.8) is 0 Å². The summed E-state index contributed by atoms with van der Waals surface area (Å²) in [4.78, 5) is 0. The van der Waals surface area contributed by atoms with E-state index < -0.39 is 29.3 Å². The molecule has 0 fully saturated rings. The second kappa shape index (κ2) is 5.75. The fraction of sp³-hybridized carbons (Fsp3) is 0.600. The summed E-state index contributed by atoms with van der Waals surface area (Å²) in [6.07, 6.45) is -3.03. The lowest BCUT2D eigenvalue weighted by Gasteiger charge is -2.22. The maximum absolute atomic E-state index is 12.4. The molecule has 8 heteroatoms. The molecule has 0 saturated carbocycles. The fourth-order valence-electron chi connectivity index (χ4n) is 1.42. The molecule has 104 valence electrons. The van der Waals surface area contributed by atoms with Crippen LogP contribution in [0.2, 0.25) is 0 Å². The zero-order chi connectivity index (χ0) is 13.8. The summed E-state index contributed by atoms with van der Waals surface area (Å²) in [7, 11) is -3.93. The quantitative estimate of drug-likeness (QED) is 0.806. The van der Waals surface area contributed by atoms with Crippen molar-refractivity contribution >= 4 is 10.0 Å². The summed E-state index contributed by atoms with van der Waals surface area (Å²) in [6, 6.07) is 2.93. The van der Waals surface area contributed by atoms with E-state index in [1.165, 1.54) is 18.4 Å². The summed E-state index contributed by atoms with van der Waals surface area (Å²) >= 11 is 0. The molecule has 0 radical (unpaired) electrons. The van der Waals surface area contributed by atoms with Crippen molar-refractivity contribution in [1.82, 2.24) is 4.31 Å². The Balaban J connectivity index is 2.88. The zero-order valence-electron chi connectivity index (χ0n) is 9.77. The summed E-state index contributed by atoms with van der Waals surface area (Å²) < 4.78 is 65.8. The molecule has 0 saturated heterocycles. The molecule has 0 amide bonds. The molecule has 1 aromatic rings. The van der Waals surface area contributed by atoms with Crippen LogP contribution in [0, 0.1) is 0 Å². The number of alkyl halides is 3. The van der Waals surface area contributed by atoms with E-state index in [2.05, 4.69) is 0 Å². The van der Waals surface area contributed by atoms with Crippen LogP contribution in [0.4, 0.5) is 13.2 Å². The van der Waals surface area contributed by atoms with Gasteiger partial charge in [0.25, 0.3) is 0 Å². The molecule has 0 bridgehead atoms. The van der Waals surface area contributed by atoms with Gasteiger partial charge in [-0.1, -0.05) is 6.92 Å². The molecule has 1 aromatic heterocycles. The van der Waals surface area contributed by atoms with E-state index in [9.17, 15) is 21.6 Å². The van der Waals surface area contributed by atoms with Crippen molar-refractivity contribution in [3.8, 4) is 0 Å². The average Bonchev–Trinajstić information content (AvgIpc) is 2.67. The Labute approximate surface area is 103 Å². The van der Waals surface area contributed by atoms with Gasteiger partial charge in [-0.2, -0.15) is 17.5 Å². The molecule has 0 aliphatic carbocycles. The maximum Gasteiger partial charge on any atom is 0.402 e. The van der Waals surface area contributed by atoms with Crippen LogP contribution < -0.4 is 0 Å². The summed E-state index contributed by atoms with van der Waals surface area (Å²) in [6.45, 7) is -0.318. The molecule has 1 heterocycles. The molecular formula is C10H14F3NO3S. The Bertz CT molecular complexity index is 453. The Morgan fingerprint density at radius 1 is 1.39 bits per heavy atom. The number of sulfonamides is 1. The first-order valence-corrected chi connectivity index (χ1v) is 6.92. The molecule has 4 nitrogen and oxygen atoms in total. The van der Waals surface area contributed by atoms with Gasteiger partial charge in [-0.25, -0.2) is 8.42 Å². The fourth-order valence-corrected chi connectivity index (χ4v) is 2.86. The Kier molecular flexibility index (Phi) is 4.80. The number of furan rings is 1. The first-order chi connectivity index (χ1) is 8.24. The van der Waals surface area contributed by atoms with Gasteiger partial charge in [0, 0.05) is 0 Å². The van der Waals surface area contributed by atoms with Crippen LogP contribution in [-0.2, 0) is 16.6 Å². The standard InChI is InChI=1S/C10H14F3NO3S/c1-2-6-18(15,16)14(8-10(11,12)13)7-9-4-3-5-17-9/h3-5H,2,6-8H2,1H3. The lowest BCUT2D eigenvalue weighted by molar-refractivity contribution is -0.137. The Morgan fingerprint density at radius 2 is 2.06 bits per heavy atom. The number of hydrogen-bond acceptors (Lipinski definition) is 3. The van der Waals surface area contributed by atoms with Crippen molar-refractivity contribution in [1.29, 1.82) is 0 Å². The highest BCUT2D eigenvalue weighted by Gasteiger charge is 2.36. The van der Waals surface area contributed by atoms with Gasteiger partial charge in [-0.3, -0.25) is 0 Å². The largest absolute Gasteiger partial charge is 0.468 e. The third-order valence-electron chi connectivity index (χ3n) is 2.12. The van der Waals surface area contributed by atoms with Gasteiger partial charge in [-0.05, 0) is 18.6 Å². The Hall–Kier alpha value is -1.02. The van der Waals surface area contributed by atoms with Gasteiger partial charge >= 0.3 is 6.18 Å². The molecule has 0 aliphatic heterocycles. The molecule has 0 spiro atoms. The number of nitrogens with zero attached hydrogens (tertiary/aromatic N) is 1. The summed E-state index contributed by atoms with van der Waals surface area (Å²) in [5.41, 5.74) is 0. The first kappa shape index (κ1) is 15.0. The molecule has 0 atom stereocenters. The van der Waals surface area contributed by atoms with Crippen molar-refractivity contribution in [3.05, 3.63) is 24.2 Å². The highest BCUT2D eigenvalue weighted by Crippen LogP contribution is 2.21. The van der Waals surface area contributed by atoms with Crippen LogP contribution in [0.1, 0.15) is 19.1 Å². The molecular weight excluding hydrogens is 271 g/mol. The average molecular weight is 285 g/mol. The van der Waals surface area contributed by atoms with E-state index in [0.717, 1.165) is 0 Å². The summed E-state index contributed by atoms with van der Waals surface area (Å²) in [5.74, 6) is -0.136. The van der Waals surface area contributed by atoms with Crippen LogP contribution in [-0.4, -0.2) is 31.2 Å². The van der Waals surface area contributed by atoms with Gasteiger partial charge < -0.3 is 4.42 Å². The minimum Gasteiger partial charge on any atom is -0.468 e. The van der Waals surface area contributed by atoms with Crippen molar-refractivity contribution < 1.29 is 26.0 Å². The molecule has 0 unspecified atom stereocenters. The summed E-state index contributed by atoms with van der Waals surface area (Å²) in [5, 5.41) is 0. The Morgan fingerprint density at radius 3 is 2.50 bits per heavy atom. The van der Waals surface area contributed by atoms with Crippen molar-refractivity contribution in [2.75, 3.05) is 12.3 Å². The van der Waals surface area contributed by atoms with Crippen molar-refractivity contribution in [2.45, 2.75) is 26.1 Å². The third-order valence-corrected chi connectivity index (χ3v) is 4.09. The number of rotatable bonds is 6. The smallest absolute Gasteiger partial charge is 0.402 e. The number of halogens is 3. The highest BCUT2D eigenvalue weighted by molar-refractivity contribution is 7.89. The second-order valence-corrected chi connectivity index (χ2v) is 5.87. The first-order valence-electron chi connectivity index (χ1n) is 5.31. The maximum atomic E-state index is 12.4. The van der Waals surface area contributed by atoms with Crippen LogP contribution in [0.25, 0.3) is 0 Å². The molecule has 18 heavy (non-hydrogen) atoms. The molecule has 0 N–H and O–H groups in total. The van der Waals surface area contributed by atoms with Crippen molar-refractivity contribution in [2.24, 2.45) is 0 Å². The monoisotopic (exact) mass is 285 g/mol. The normalized spacial score (nSPS) is 13.2. The van der Waals surface area contributed by atoms with Gasteiger partial charge in [-0.15, -0.1) is 0 Å². The van der Waals surface area contributed by atoms with E-state index in [4.69, 9.17) is 4.42 Å². The highest BCUT2D eigenvalue weighted by atomic mass is 32.2. The van der Waals surface area contributed by atoms with E-state index in [-0.39, 0.29) is 17.9 Å². The molecule has 0 aromatic carbocycles. The van der Waals surface area contributed by atoms with Crippen LogP contribution in [0.3, 0.4) is 0 Å². The third kappa shape index (κ3) is 4.69. The SMILES string of the molecule is CCCS(=O)(=O)N(Cc1ccco1)CC(F)(F)F. The van der Waals surface area contributed by atoms with E-state index in [1.807, 2.05) is 0 Å². The second-order valence-electron chi connectivity index (χ2n) is 3.78. The zero-order valence-corrected chi connectivity index (χ0v) is 10.6. The predicted octanol–water partition coefficient (Wildman–Crippen LogP) is 2.38. The van der Waals surface area contributed by atoms with E-state index in [0.29, 0.717) is 4.31 Å². The lowest BCUT2D eigenvalue weighted by Crippen LogP contribution is -2.39. The van der Waals surface area contributed by atoms with Gasteiger partial charge in [0.2, 0.25) is 10.0 Å². The predicted molar refractivity (Wildman–Crippen MR) is 59.3 cm³/mol. The van der Waals surface area contributed by atoms with Gasteiger partial charge in [0.1, 0.15) is 12.3 Å². The minimum absolute atomic E-state index is 0.180. The minimum atomic E-state index is -4.58. The van der Waals surface area contributed by atoms with E-state index in [1.54, 1.807) is 6.92 Å². The molecule has 1 rings (SSSR count). The van der Waals surface area contributed by atoms with Gasteiger partial charge in [0.05, 0.1) is 18.6 Å². The number of hydrogen-bond donors (Lipinski definition) is 0. The van der Waals surface area contributed by atoms with Gasteiger partial charge in [0.15, 0.2) is 0 Å². The molecule has 0 aliphatic rings. The van der Waals surface area contributed by atoms with E-state index >= 15 is 0 Å². The van der Waals surface area contributed by atoms with Crippen LogP contribution in [0.15, 0.2) is 22.8 Å². The lowest BCUT2D eigenvalue weighted by atomic mass is 10.4.